The number of hydrogen-bond acceptors (Lipinski definition) is 4. The van der Waals surface area contributed by atoms with Crippen molar-refractivity contribution in [2.45, 2.75) is 6.42 Å². The van der Waals surface area contributed by atoms with E-state index in [0.29, 0.717) is 46.7 Å². The van der Waals surface area contributed by atoms with Gasteiger partial charge >= 0.3 is 0 Å². The van der Waals surface area contributed by atoms with Crippen LogP contribution in [0.2, 0.25) is 5.02 Å². The van der Waals surface area contributed by atoms with Gasteiger partial charge in [-0.2, -0.15) is 0 Å². The first-order valence-corrected chi connectivity index (χ1v) is 11.1. The van der Waals surface area contributed by atoms with Crippen LogP contribution >= 0.6 is 11.6 Å². The minimum absolute atomic E-state index is 0.306. The Hall–Kier alpha value is -3.97. The van der Waals surface area contributed by atoms with Crippen molar-refractivity contribution in [2.24, 2.45) is 4.99 Å². The number of fused-ring (bicyclic) bond motifs is 1. The Balaban J connectivity index is 1.57. The van der Waals surface area contributed by atoms with Gasteiger partial charge in [-0.3, -0.25) is 15.1 Å². The first-order chi connectivity index (χ1) is 16.6. The van der Waals surface area contributed by atoms with E-state index >= 15 is 0 Å². The van der Waals surface area contributed by atoms with Gasteiger partial charge in [0.05, 0.1) is 14.2 Å². The zero-order valence-electron chi connectivity index (χ0n) is 18.9. The lowest BCUT2D eigenvalue weighted by molar-refractivity contribution is 0.0977. The highest BCUT2D eigenvalue weighted by Gasteiger charge is 2.12. The second-order valence-electron chi connectivity index (χ2n) is 7.53. The minimum Gasteiger partial charge on any atom is -0.497 e. The quantitative estimate of drug-likeness (QED) is 0.250. The molecule has 0 aliphatic heterocycles. The van der Waals surface area contributed by atoms with E-state index in [1.165, 1.54) is 0 Å². The number of guanidine groups is 1. The Kier molecular flexibility index (Phi) is 7.34. The van der Waals surface area contributed by atoms with Crippen LogP contribution < -0.4 is 20.1 Å². The van der Waals surface area contributed by atoms with Crippen LogP contribution in [0.4, 0.5) is 5.69 Å². The van der Waals surface area contributed by atoms with Crippen molar-refractivity contribution in [3.63, 3.8) is 0 Å². The summed E-state index contributed by atoms with van der Waals surface area (Å²) in [6, 6.07) is 20.2. The number of methoxy groups -OCH3 is 2. The molecule has 4 rings (SSSR count). The summed E-state index contributed by atoms with van der Waals surface area (Å²) in [4.78, 5) is 20.8. The highest BCUT2D eigenvalue weighted by atomic mass is 35.5. The molecule has 1 amide bonds. The number of amides is 1. The molecule has 1 aromatic heterocycles. The van der Waals surface area contributed by atoms with E-state index in [4.69, 9.17) is 21.1 Å². The van der Waals surface area contributed by atoms with Crippen LogP contribution in [0.15, 0.2) is 77.9 Å². The number of carbonyl (C=O) groups is 1. The van der Waals surface area contributed by atoms with Crippen molar-refractivity contribution in [3.05, 3.63) is 89.1 Å². The Labute approximate surface area is 202 Å². The van der Waals surface area contributed by atoms with Gasteiger partial charge in [0, 0.05) is 58.1 Å². The van der Waals surface area contributed by atoms with Crippen LogP contribution in [0.3, 0.4) is 0 Å². The van der Waals surface area contributed by atoms with Gasteiger partial charge in [0.1, 0.15) is 11.5 Å². The summed E-state index contributed by atoms with van der Waals surface area (Å²) < 4.78 is 10.7. The molecule has 0 fully saturated rings. The lowest BCUT2D eigenvalue weighted by Crippen LogP contribution is -2.36. The van der Waals surface area contributed by atoms with Crippen molar-refractivity contribution in [2.75, 3.05) is 26.1 Å². The van der Waals surface area contributed by atoms with Crippen LogP contribution in [0.1, 0.15) is 15.9 Å². The van der Waals surface area contributed by atoms with Crippen LogP contribution in [0.25, 0.3) is 10.9 Å². The molecule has 7 nitrogen and oxygen atoms in total. The van der Waals surface area contributed by atoms with Crippen molar-refractivity contribution < 1.29 is 14.3 Å². The number of benzene rings is 3. The summed E-state index contributed by atoms with van der Waals surface area (Å²) in [7, 11) is 3.16. The summed E-state index contributed by atoms with van der Waals surface area (Å²) in [5, 5.41) is 7.67. The number of anilines is 1. The molecule has 0 aliphatic rings. The second kappa shape index (κ2) is 10.8. The predicted molar refractivity (Wildman–Crippen MR) is 136 cm³/mol. The van der Waals surface area contributed by atoms with E-state index in [-0.39, 0.29) is 5.91 Å². The number of nitrogens with one attached hydrogen (secondary N) is 3. The van der Waals surface area contributed by atoms with Gasteiger partial charge in [0.2, 0.25) is 5.96 Å². The number of H-pyrrole nitrogens is 1. The van der Waals surface area contributed by atoms with Crippen molar-refractivity contribution in [1.82, 2.24) is 10.3 Å². The molecule has 34 heavy (non-hydrogen) atoms. The number of rotatable bonds is 7. The molecule has 4 aromatic rings. The minimum atomic E-state index is -0.323. The maximum absolute atomic E-state index is 12.9. The summed E-state index contributed by atoms with van der Waals surface area (Å²) in [6.07, 6.45) is 2.69. The molecular weight excluding hydrogens is 452 g/mol. The van der Waals surface area contributed by atoms with E-state index in [1.807, 2.05) is 24.4 Å². The van der Waals surface area contributed by atoms with E-state index in [1.54, 1.807) is 56.7 Å². The normalized spacial score (nSPS) is 11.3. The number of hydrogen-bond donors (Lipinski definition) is 3. The molecule has 0 spiro atoms. The van der Waals surface area contributed by atoms with Gasteiger partial charge in [-0.15, -0.1) is 0 Å². The monoisotopic (exact) mass is 476 g/mol. The summed E-state index contributed by atoms with van der Waals surface area (Å²) >= 11 is 6.05. The fraction of sp³-hybridized carbons (Fsp3) is 0.154. The van der Waals surface area contributed by atoms with Gasteiger partial charge < -0.3 is 19.8 Å². The average molecular weight is 477 g/mol. The van der Waals surface area contributed by atoms with Crippen molar-refractivity contribution in [1.29, 1.82) is 0 Å². The number of nitrogens with zero attached hydrogens (tertiary/aromatic N) is 1. The molecule has 1 heterocycles. The second-order valence-corrected chi connectivity index (χ2v) is 7.97. The molecule has 0 aliphatic carbocycles. The first-order valence-electron chi connectivity index (χ1n) is 10.7. The van der Waals surface area contributed by atoms with Gasteiger partial charge in [-0.1, -0.05) is 35.9 Å². The Morgan fingerprint density at radius 3 is 2.50 bits per heavy atom. The number of carbonyl (C=O) groups excluding carboxylic acids is 1. The maximum atomic E-state index is 12.9. The topological polar surface area (TPSA) is 87.7 Å². The standard InChI is InChI=1S/C26H25ClN4O3/c1-33-21-13-20(14-22(15-21)34-2)30-26(31-25(32)17-6-5-7-19(27)12-17)28-11-10-18-16-29-24-9-4-3-8-23(18)24/h3-9,12-16,29H,10-11H2,1-2H3,(H2,28,30,31,32). The third-order valence-electron chi connectivity index (χ3n) is 5.26. The number of aliphatic imine (C=N–C) groups is 1. The molecule has 0 atom stereocenters. The van der Waals surface area contributed by atoms with E-state index in [9.17, 15) is 4.79 Å². The number of ether oxygens (including phenoxy) is 2. The zero-order valence-corrected chi connectivity index (χ0v) is 19.6. The largest absolute Gasteiger partial charge is 0.497 e. The Morgan fingerprint density at radius 2 is 1.76 bits per heavy atom. The Morgan fingerprint density at radius 1 is 1.00 bits per heavy atom. The van der Waals surface area contributed by atoms with Gasteiger partial charge in [-0.05, 0) is 36.2 Å². The number of aromatic amines is 1. The lowest BCUT2D eigenvalue weighted by atomic mass is 10.1. The van der Waals surface area contributed by atoms with Crippen molar-refractivity contribution >= 4 is 40.1 Å². The fourth-order valence-electron chi connectivity index (χ4n) is 3.56. The lowest BCUT2D eigenvalue weighted by Gasteiger charge is -2.14. The third kappa shape index (κ3) is 5.68. The highest BCUT2D eigenvalue weighted by molar-refractivity contribution is 6.31. The molecule has 0 saturated heterocycles. The zero-order chi connectivity index (χ0) is 23.9. The van der Waals surface area contributed by atoms with E-state index in [0.717, 1.165) is 16.5 Å². The number of para-hydroxylation sites is 1. The Bertz CT molecular complexity index is 1310. The first kappa shape index (κ1) is 23.2. The third-order valence-corrected chi connectivity index (χ3v) is 5.49. The van der Waals surface area contributed by atoms with E-state index in [2.05, 4.69) is 26.7 Å². The number of halogens is 1. The summed E-state index contributed by atoms with van der Waals surface area (Å²) in [5.74, 6) is 1.21. The molecule has 0 radical (unpaired) electrons. The van der Waals surface area contributed by atoms with Crippen LogP contribution in [0, 0.1) is 0 Å². The SMILES string of the molecule is COc1cc(NC(=NCCc2c[nH]c3ccccc23)NC(=O)c2cccc(Cl)c2)cc(OC)c1. The van der Waals surface area contributed by atoms with Crippen LogP contribution in [-0.2, 0) is 6.42 Å². The molecule has 0 bridgehead atoms. The summed E-state index contributed by atoms with van der Waals surface area (Å²) in [5.41, 5.74) is 3.33. The highest BCUT2D eigenvalue weighted by Crippen LogP contribution is 2.26. The molecule has 3 N–H and O–H groups in total. The predicted octanol–water partition coefficient (Wildman–Crippen LogP) is 5.28. The molecule has 3 aromatic carbocycles. The molecule has 174 valence electrons. The van der Waals surface area contributed by atoms with Gasteiger partial charge in [0.15, 0.2) is 0 Å². The van der Waals surface area contributed by atoms with Gasteiger partial charge in [-0.25, -0.2) is 0 Å². The average Bonchev–Trinajstić information content (AvgIpc) is 3.26. The summed E-state index contributed by atoms with van der Waals surface area (Å²) in [6.45, 7) is 0.459. The smallest absolute Gasteiger partial charge is 0.258 e. The molecular formula is C26H25ClN4O3. The van der Waals surface area contributed by atoms with Gasteiger partial charge in [0.25, 0.3) is 5.91 Å². The molecule has 8 heteroatoms. The van der Waals surface area contributed by atoms with Crippen LogP contribution in [-0.4, -0.2) is 37.6 Å². The maximum Gasteiger partial charge on any atom is 0.258 e. The van der Waals surface area contributed by atoms with Crippen LogP contribution in [0.5, 0.6) is 11.5 Å². The number of aromatic nitrogens is 1. The van der Waals surface area contributed by atoms with Crippen molar-refractivity contribution in [3.8, 4) is 11.5 Å². The molecule has 0 unspecified atom stereocenters. The fourth-order valence-corrected chi connectivity index (χ4v) is 3.75. The molecule has 0 saturated carbocycles. The van der Waals surface area contributed by atoms with E-state index < -0.39 is 0 Å².